The fourth-order valence-electron chi connectivity index (χ4n) is 4.29. The van der Waals surface area contributed by atoms with Crippen molar-refractivity contribution in [2.75, 3.05) is 37.2 Å². The van der Waals surface area contributed by atoms with Crippen LogP contribution in [-0.2, 0) is 17.8 Å². The molecule has 180 valence electrons. The van der Waals surface area contributed by atoms with Crippen LogP contribution in [0.25, 0.3) is 0 Å². The molecular weight excluding hydrogens is 446 g/mol. The smallest absolute Gasteiger partial charge is 0.324 e. The lowest BCUT2D eigenvalue weighted by Crippen LogP contribution is -2.49. The number of nitrogens with zero attached hydrogens (tertiary/aromatic N) is 2. The molecule has 0 unspecified atom stereocenters. The van der Waals surface area contributed by atoms with Gasteiger partial charge in [0.2, 0.25) is 12.7 Å². The van der Waals surface area contributed by atoms with Gasteiger partial charge in [-0.05, 0) is 66.1 Å². The third kappa shape index (κ3) is 5.16. The monoisotopic (exact) mass is 473 g/mol. The minimum Gasteiger partial charge on any atom is -0.497 e. The highest BCUT2D eigenvalue weighted by molar-refractivity contribution is 5.94. The van der Waals surface area contributed by atoms with Crippen LogP contribution in [0, 0.1) is 0 Å². The maximum Gasteiger partial charge on any atom is 0.324 e. The number of anilines is 2. The van der Waals surface area contributed by atoms with Crippen molar-refractivity contribution in [3.8, 4) is 17.2 Å². The van der Waals surface area contributed by atoms with E-state index in [-0.39, 0.29) is 25.2 Å². The molecule has 1 fully saturated rings. The molecule has 8 nitrogen and oxygen atoms in total. The van der Waals surface area contributed by atoms with Crippen LogP contribution in [0.2, 0.25) is 0 Å². The van der Waals surface area contributed by atoms with Gasteiger partial charge in [-0.15, -0.1) is 0 Å². The van der Waals surface area contributed by atoms with Crippen LogP contribution in [-0.4, -0.2) is 43.8 Å². The Bertz CT molecular complexity index is 1210. The number of hydrogen-bond acceptors (Lipinski definition) is 5. The second kappa shape index (κ2) is 9.97. The van der Waals surface area contributed by atoms with Gasteiger partial charge < -0.3 is 24.4 Å². The van der Waals surface area contributed by atoms with Gasteiger partial charge in [0.15, 0.2) is 11.5 Å². The van der Waals surface area contributed by atoms with Crippen LogP contribution < -0.4 is 24.4 Å². The van der Waals surface area contributed by atoms with E-state index in [0.717, 1.165) is 34.7 Å². The Morgan fingerprint density at radius 3 is 2.46 bits per heavy atom. The molecule has 3 amide bonds. The maximum absolute atomic E-state index is 13.2. The molecule has 0 spiro atoms. The molecule has 3 aromatic carbocycles. The summed E-state index contributed by atoms with van der Waals surface area (Å²) in [6, 6.07) is 20.5. The van der Waals surface area contributed by atoms with Crippen molar-refractivity contribution in [3.05, 3.63) is 77.9 Å². The summed E-state index contributed by atoms with van der Waals surface area (Å²) in [6.45, 7) is 2.08. The number of amides is 3. The number of nitrogens with one attached hydrogen (secondary N) is 1. The number of carbonyl (C=O) groups is 2. The minimum atomic E-state index is -0.105. The summed E-state index contributed by atoms with van der Waals surface area (Å²) in [5.41, 5.74) is 3.40. The second-order valence-electron chi connectivity index (χ2n) is 8.52. The van der Waals surface area contributed by atoms with Gasteiger partial charge in [-0.3, -0.25) is 9.69 Å². The predicted octanol–water partition coefficient (Wildman–Crippen LogP) is 4.44. The van der Waals surface area contributed by atoms with E-state index in [9.17, 15) is 9.59 Å². The summed E-state index contributed by atoms with van der Waals surface area (Å²) < 4.78 is 16.0. The van der Waals surface area contributed by atoms with E-state index in [2.05, 4.69) is 5.32 Å². The summed E-state index contributed by atoms with van der Waals surface area (Å²) in [7, 11) is 1.61. The van der Waals surface area contributed by atoms with Gasteiger partial charge in [0.1, 0.15) is 5.75 Å². The van der Waals surface area contributed by atoms with Crippen LogP contribution in [0.3, 0.4) is 0 Å². The molecule has 0 bridgehead atoms. The Morgan fingerprint density at radius 1 is 0.943 bits per heavy atom. The summed E-state index contributed by atoms with van der Waals surface area (Å²) in [4.78, 5) is 29.2. The predicted molar refractivity (Wildman–Crippen MR) is 132 cm³/mol. The minimum absolute atomic E-state index is 0.0368. The van der Waals surface area contributed by atoms with Crippen LogP contribution in [0.1, 0.15) is 17.5 Å². The Labute approximate surface area is 204 Å². The van der Waals surface area contributed by atoms with Crippen molar-refractivity contribution >= 4 is 23.3 Å². The number of hydrogen-bond donors (Lipinski definition) is 1. The molecule has 8 heteroatoms. The third-order valence-electron chi connectivity index (χ3n) is 6.11. The normalized spacial score (nSPS) is 14.7. The van der Waals surface area contributed by atoms with Gasteiger partial charge in [-0.25, -0.2) is 4.79 Å². The van der Waals surface area contributed by atoms with Gasteiger partial charge in [0.25, 0.3) is 0 Å². The zero-order chi connectivity index (χ0) is 24.2. The number of ether oxygens (including phenoxy) is 3. The lowest BCUT2D eigenvalue weighted by atomic mass is 10.1. The SMILES string of the molecule is COc1ccc(CC(=O)Nc2ccc(N3CCCN(Cc4ccc5c(c4)OCO5)C3=O)cc2)cc1. The first kappa shape index (κ1) is 22.6. The van der Waals surface area contributed by atoms with Crippen molar-refractivity contribution in [3.63, 3.8) is 0 Å². The molecule has 0 aliphatic carbocycles. The van der Waals surface area contributed by atoms with E-state index in [4.69, 9.17) is 14.2 Å². The number of fused-ring (bicyclic) bond motifs is 1. The molecule has 0 saturated carbocycles. The molecule has 0 atom stereocenters. The highest BCUT2D eigenvalue weighted by Gasteiger charge is 2.27. The van der Waals surface area contributed by atoms with Gasteiger partial charge in [0.05, 0.1) is 13.5 Å². The average Bonchev–Trinajstić information content (AvgIpc) is 3.34. The molecule has 2 aliphatic heterocycles. The molecule has 2 heterocycles. The first-order valence-corrected chi connectivity index (χ1v) is 11.6. The van der Waals surface area contributed by atoms with E-state index in [1.54, 1.807) is 12.0 Å². The average molecular weight is 474 g/mol. The lowest BCUT2D eigenvalue weighted by molar-refractivity contribution is -0.115. The highest BCUT2D eigenvalue weighted by Crippen LogP contribution is 2.33. The number of carbonyl (C=O) groups excluding carboxylic acids is 2. The van der Waals surface area contributed by atoms with Crippen molar-refractivity contribution in [2.45, 2.75) is 19.4 Å². The van der Waals surface area contributed by atoms with E-state index in [1.165, 1.54) is 0 Å². The molecule has 3 aromatic rings. The van der Waals surface area contributed by atoms with Crippen molar-refractivity contribution in [1.82, 2.24) is 4.90 Å². The largest absolute Gasteiger partial charge is 0.497 e. The summed E-state index contributed by atoms with van der Waals surface area (Å²) in [5, 5.41) is 2.92. The fraction of sp³-hybridized carbons (Fsp3) is 0.259. The van der Waals surface area contributed by atoms with Crippen LogP contribution in [0.4, 0.5) is 16.2 Å². The van der Waals surface area contributed by atoms with E-state index < -0.39 is 0 Å². The molecule has 0 aromatic heterocycles. The molecule has 1 N–H and O–H groups in total. The first-order chi connectivity index (χ1) is 17.1. The molecular formula is C27H27N3O5. The Kier molecular flexibility index (Phi) is 6.43. The number of methoxy groups -OCH3 is 1. The van der Waals surface area contributed by atoms with E-state index >= 15 is 0 Å². The molecule has 2 aliphatic rings. The van der Waals surface area contributed by atoms with Crippen LogP contribution in [0.15, 0.2) is 66.7 Å². The summed E-state index contributed by atoms with van der Waals surface area (Å²) >= 11 is 0. The zero-order valence-corrected chi connectivity index (χ0v) is 19.5. The van der Waals surface area contributed by atoms with E-state index in [0.29, 0.717) is 31.1 Å². The summed E-state index contributed by atoms with van der Waals surface area (Å²) in [6.07, 6.45) is 1.14. The highest BCUT2D eigenvalue weighted by atomic mass is 16.7. The number of urea groups is 1. The standard InChI is InChI=1S/C27H27N3O5/c1-33-23-10-3-19(4-11-23)16-26(31)28-21-6-8-22(9-7-21)30-14-2-13-29(27(30)32)17-20-5-12-24-25(15-20)35-18-34-24/h3-12,15H,2,13-14,16-18H2,1H3,(H,28,31). The first-order valence-electron chi connectivity index (χ1n) is 11.6. The Hall–Kier alpha value is -4.20. The Balaban J connectivity index is 1.19. The molecule has 5 rings (SSSR count). The summed E-state index contributed by atoms with van der Waals surface area (Å²) in [5.74, 6) is 2.10. The van der Waals surface area contributed by atoms with Crippen molar-refractivity contribution in [1.29, 1.82) is 0 Å². The van der Waals surface area contributed by atoms with Gasteiger partial charge in [-0.2, -0.15) is 0 Å². The fourth-order valence-corrected chi connectivity index (χ4v) is 4.29. The van der Waals surface area contributed by atoms with Gasteiger partial charge >= 0.3 is 6.03 Å². The lowest BCUT2D eigenvalue weighted by Gasteiger charge is -2.35. The maximum atomic E-state index is 13.2. The molecule has 35 heavy (non-hydrogen) atoms. The van der Waals surface area contributed by atoms with Crippen LogP contribution >= 0.6 is 0 Å². The van der Waals surface area contributed by atoms with Crippen molar-refractivity contribution < 1.29 is 23.8 Å². The topological polar surface area (TPSA) is 80.3 Å². The molecule has 1 saturated heterocycles. The van der Waals surface area contributed by atoms with Crippen molar-refractivity contribution in [2.24, 2.45) is 0 Å². The number of rotatable bonds is 7. The van der Waals surface area contributed by atoms with Crippen LogP contribution in [0.5, 0.6) is 17.2 Å². The third-order valence-corrected chi connectivity index (χ3v) is 6.11. The van der Waals surface area contributed by atoms with Gasteiger partial charge in [0, 0.05) is 31.0 Å². The van der Waals surface area contributed by atoms with Gasteiger partial charge in [-0.1, -0.05) is 18.2 Å². The quantitative estimate of drug-likeness (QED) is 0.549. The van der Waals surface area contributed by atoms with E-state index in [1.807, 2.05) is 71.6 Å². The Morgan fingerprint density at radius 2 is 1.69 bits per heavy atom. The zero-order valence-electron chi connectivity index (χ0n) is 19.5. The second-order valence-corrected chi connectivity index (χ2v) is 8.52. The number of benzene rings is 3. The molecule has 0 radical (unpaired) electrons.